The van der Waals surface area contributed by atoms with Crippen LogP contribution >= 0.6 is 0 Å². The number of ether oxygens (including phenoxy) is 3. The normalized spacial score (nSPS) is 15.8. The SMILES string of the molecule is O=C(COc1ccc2c(c1)OCO2)N1CCC(c2nc(-c3ccc(F)cc3)no2)CC1. The monoisotopic (exact) mass is 425 g/mol. The van der Waals surface area contributed by atoms with E-state index >= 15 is 0 Å². The van der Waals surface area contributed by atoms with Gasteiger partial charge in [-0.2, -0.15) is 4.98 Å². The van der Waals surface area contributed by atoms with Crippen LogP contribution in [0.25, 0.3) is 11.4 Å². The second kappa shape index (κ2) is 8.25. The van der Waals surface area contributed by atoms with Crippen molar-refractivity contribution in [2.75, 3.05) is 26.5 Å². The zero-order valence-corrected chi connectivity index (χ0v) is 16.6. The molecule has 31 heavy (non-hydrogen) atoms. The summed E-state index contributed by atoms with van der Waals surface area (Å²) < 4.78 is 34.7. The van der Waals surface area contributed by atoms with E-state index in [4.69, 9.17) is 18.7 Å². The molecule has 0 N–H and O–H groups in total. The molecule has 2 aliphatic heterocycles. The molecule has 0 saturated carbocycles. The van der Waals surface area contributed by atoms with E-state index in [1.165, 1.54) is 12.1 Å². The maximum Gasteiger partial charge on any atom is 0.260 e. The summed E-state index contributed by atoms with van der Waals surface area (Å²) in [5, 5.41) is 4.00. The summed E-state index contributed by atoms with van der Waals surface area (Å²) in [5.41, 5.74) is 0.699. The Morgan fingerprint density at radius 1 is 1.10 bits per heavy atom. The Bertz CT molecular complexity index is 1080. The number of aromatic nitrogens is 2. The first-order valence-electron chi connectivity index (χ1n) is 10.1. The van der Waals surface area contributed by atoms with Crippen LogP contribution in [0.4, 0.5) is 4.39 Å². The van der Waals surface area contributed by atoms with Crippen LogP contribution in [-0.4, -0.2) is 47.4 Å². The number of fused-ring (bicyclic) bond motifs is 1. The van der Waals surface area contributed by atoms with Crippen LogP contribution in [-0.2, 0) is 4.79 Å². The predicted molar refractivity (Wildman–Crippen MR) is 106 cm³/mol. The molecule has 0 aliphatic carbocycles. The third kappa shape index (κ3) is 4.16. The van der Waals surface area contributed by atoms with Crippen molar-refractivity contribution in [3.05, 3.63) is 54.2 Å². The number of rotatable bonds is 5. The lowest BCUT2D eigenvalue weighted by molar-refractivity contribution is -0.134. The summed E-state index contributed by atoms with van der Waals surface area (Å²) in [5.74, 6) is 2.52. The Morgan fingerprint density at radius 3 is 2.68 bits per heavy atom. The molecule has 1 fully saturated rings. The summed E-state index contributed by atoms with van der Waals surface area (Å²) in [7, 11) is 0. The number of carbonyl (C=O) groups excluding carboxylic acids is 1. The molecular weight excluding hydrogens is 405 g/mol. The Hall–Kier alpha value is -3.62. The van der Waals surface area contributed by atoms with E-state index in [1.807, 2.05) is 0 Å². The van der Waals surface area contributed by atoms with E-state index < -0.39 is 0 Å². The van der Waals surface area contributed by atoms with Gasteiger partial charge in [0, 0.05) is 30.6 Å². The second-order valence-corrected chi connectivity index (χ2v) is 7.42. The fourth-order valence-electron chi connectivity index (χ4n) is 3.70. The Balaban J connectivity index is 1.13. The largest absolute Gasteiger partial charge is 0.484 e. The molecule has 2 aliphatic rings. The average molecular weight is 425 g/mol. The Morgan fingerprint density at radius 2 is 1.87 bits per heavy atom. The number of halogens is 1. The van der Waals surface area contributed by atoms with Gasteiger partial charge in [0.25, 0.3) is 5.91 Å². The number of amides is 1. The molecule has 0 spiro atoms. The van der Waals surface area contributed by atoms with Gasteiger partial charge in [-0.25, -0.2) is 4.39 Å². The first-order valence-corrected chi connectivity index (χ1v) is 10.1. The van der Waals surface area contributed by atoms with Crippen molar-refractivity contribution in [1.82, 2.24) is 15.0 Å². The van der Waals surface area contributed by atoms with Gasteiger partial charge < -0.3 is 23.6 Å². The second-order valence-electron chi connectivity index (χ2n) is 7.42. The first-order chi connectivity index (χ1) is 15.2. The van der Waals surface area contributed by atoms with E-state index in [2.05, 4.69) is 10.1 Å². The van der Waals surface area contributed by atoms with Crippen molar-refractivity contribution >= 4 is 5.91 Å². The molecule has 8 nitrogen and oxygen atoms in total. The minimum Gasteiger partial charge on any atom is -0.484 e. The van der Waals surface area contributed by atoms with Gasteiger partial charge in [0.1, 0.15) is 11.6 Å². The first kappa shape index (κ1) is 19.3. The lowest BCUT2D eigenvalue weighted by Crippen LogP contribution is -2.40. The Kier molecular flexibility index (Phi) is 5.15. The molecule has 160 valence electrons. The molecule has 5 rings (SSSR count). The van der Waals surface area contributed by atoms with E-state index in [0.717, 1.165) is 12.8 Å². The van der Waals surface area contributed by atoms with Crippen LogP contribution in [0.1, 0.15) is 24.7 Å². The topological polar surface area (TPSA) is 86.9 Å². The van der Waals surface area contributed by atoms with Gasteiger partial charge >= 0.3 is 0 Å². The molecule has 1 amide bonds. The molecule has 9 heteroatoms. The highest BCUT2D eigenvalue weighted by atomic mass is 19.1. The van der Waals surface area contributed by atoms with E-state index in [0.29, 0.717) is 47.6 Å². The van der Waals surface area contributed by atoms with Gasteiger partial charge in [0.05, 0.1) is 0 Å². The van der Waals surface area contributed by atoms with Crippen molar-refractivity contribution in [3.63, 3.8) is 0 Å². The zero-order valence-electron chi connectivity index (χ0n) is 16.6. The molecular formula is C22H20FN3O5. The molecule has 0 bridgehead atoms. The van der Waals surface area contributed by atoms with Crippen LogP contribution in [0, 0.1) is 5.82 Å². The van der Waals surface area contributed by atoms with Crippen LogP contribution in [0.15, 0.2) is 47.0 Å². The summed E-state index contributed by atoms with van der Waals surface area (Å²) in [6.45, 7) is 1.32. The number of likely N-dealkylation sites (tertiary alicyclic amines) is 1. The summed E-state index contributed by atoms with van der Waals surface area (Å²) >= 11 is 0. The number of hydrogen-bond acceptors (Lipinski definition) is 7. The number of piperidine rings is 1. The summed E-state index contributed by atoms with van der Waals surface area (Å²) in [6, 6.07) is 11.2. The van der Waals surface area contributed by atoms with Crippen molar-refractivity contribution in [2.45, 2.75) is 18.8 Å². The number of nitrogens with zero attached hydrogens (tertiary/aromatic N) is 3. The van der Waals surface area contributed by atoms with Gasteiger partial charge in [0.15, 0.2) is 18.1 Å². The molecule has 0 atom stereocenters. The van der Waals surface area contributed by atoms with Crippen molar-refractivity contribution in [2.24, 2.45) is 0 Å². The van der Waals surface area contributed by atoms with Crippen LogP contribution in [0.5, 0.6) is 17.2 Å². The van der Waals surface area contributed by atoms with E-state index in [1.54, 1.807) is 35.2 Å². The van der Waals surface area contributed by atoms with Gasteiger partial charge in [-0.1, -0.05) is 5.16 Å². The minimum absolute atomic E-state index is 0.0421. The molecule has 3 aromatic rings. The molecule has 3 heterocycles. The molecule has 0 unspecified atom stereocenters. The predicted octanol–water partition coefficient (Wildman–Crippen LogP) is 3.39. The molecule has 1 aromatic heterocycles. The van der Waals surface area contributed by atoms with Crippen LogP contribution in [0.3, 0.4) is 0 Å². The van der Waals surface area contributed by atoms with Crippen LogP contribution < -0.4 is 14.2 Å². The van der Waals surface area contributed by atoms with Crippen LogP contribution in [0.2, 0.25) is 0 Å². The molecule has 2 aromatic carbocycles. The third-order valence-electron chi connectivity index (χ3n) is 5.45. The molecule has 0 radical (unpaired) electrons. The minimum atomic E-state index is -0.313. The van der Waals surface area contributed by atoms with Gasteiger partial charge in [-0.15, -0.1) is 0 Å². The number of carbonyl (C=O) groups is 1. The fourth-order valence-corrected chi connectivity index (χ4v) is 3.70. The average Bonchev–Trinajstić information content (AvgIpc) is 3.47. The maximum absolute atomic E-state index is 13.1. The maximum atomic E-state index is 13.1. The van der Waals surface area contributed by atoms with Crippen molar-refractivity contribution < 1.29 is 27.9 Å². The van der Waals surface area contributed by atoms with Crippen molar-refractivity contribution in [3.8, 4) is 28.6 Å². The summed E-state index contributed by atoms with van der Waals surface area (Å²) in [4.78, 5) is 18.8. The Labute approximate surface area is 177 Å². The lowest BCUT2D eigenvalue weighted by Gasteiger charge is -2.30. The smallest absolute Gasteiger partial charge is 0.260 e. The highest BCUT2D eigenvalue weighted by Gasteiger charge is 2.28. The number of benzene rings is 2. The standard InChI is InChI=1S/C22H20FN3O5/c23-16-3-1-14(2-4-16)21-24-22(31-25-21)15-7-9-26(10-8-15)20(27)12-28-17-5-6-18-19(11-17)30-13-29-18/h1-6,11,15H,7-10,12-13H2. The highest BCUT2D eigenvalue weighted by Crippen LogP contribution is 2.35. The van der Waals surface area contributed by atoms with Gasteiger partial charge in [-0.3, -0.25) is 4.79 Å². The summed E-state index contributed by atoms with van der Waals surface area (Å²) in [6.07, 6.45) is 1.45. The van der Waals surface area contributed by atoms with Gasteiger partial charge in [0.2, 0.25) is 18.5 Å². The van der Waals surface area contributed by atoms with E-state index in [-0.39, 0.29) is 31.0 Å². The lowest BCUT2D eigenvalue weighted by atomic mass is 9.97. The zero-order chi connectivity index (χ0) is 21.2. The molecule has 1 saturated heterocycles. The third-order valence-corrected chi connectivity index (χ3v) is 5.45. The van der Waals surface area contributed by atoms with Crippen molar-refractivity contribution in [1.29, 1.82) is 0 Å². The van der Waals surface area contributed by atoms with E-state index in [9.17, 15) is 9.18 Å². The van der Waals surface area contributed by atoms with Gasteiger partial charge in [-0.05, 0) is 49.2 Å². The highest BCUT2D eigenvalue weighted by molar-refractivity contribution is 5.78. The quantitative estimate of drug-likeness (QED) is 0.619. The number of hydrogen-bond donors (Lipinski definition) is 0. The fraction of sp³-hybridized carbons (Fsp3) is 0.318.